The smallest absolute Gasteiger partial charge is 0.326 e. The Bertz CT molecular complexity index is 432. The average Bonchev–Trinajstić information content (AvgIpc) is 3.08. The number of ether oxygens (including phenoxy) is 1. The third-order valence-corrected chi connectivity index (χ3v) is 3.25. The molecule has 1 aliphatic rings. The zero-order valence-corrected chi connectivity index (χ0v) is 11.0. The zero-order chi connectivity index (χ0) is 12.4. The van der Waals surface area contributed by atoms with E-state index in [9.17, 15) is 4.79 Å². The molecule has 0 spiro atoms. The third kappa shape index (κ3) is 3.12. The Labute approximate surface area is 108 Å². The highest BCUT2D eigenvalue weighted by atomic mass is 79.9. The van der Waals surface area contributed by atoms with Crippen LogP contribution in [0.25, 0.3) is 0 Å². The molecule has 2 rings (SSSR count). The number of carboxylic acid groups (broad SMARTS) is 1. The molecule has 0 amide bonds. The van der Waals surface area contributed by atoms with Gasteiger partial charge in [0.25, 0.3) is 0 Å². The second-order valence-electron chi connectivity index (χ2n) is 4.18. The van der Waals surface area contributed by atoms with Gasteiger partial charge in [-0.05, 0) is 30.9 Å². The molecule has 1 aliphatic carbocycles. The molecule has 1 saturated carbocycles. The molecule has 17 heavy (non-hydrogen) atoms. The minimum absolute atomic E-state index is 0.248. The quantitative estimate of drug-likeness (QED) is 0.878. The van der Waals surface area contributed by atoms with Crippen LogP contribution in [0.3, 0.4) is 0 Å². The van der Waals surface area contributed by atoms with Gasteiger partial charge in [-0.1, -0.05) is 15.9 Å². The Morgan fingerprint density at radius 3 is 2.76 bits per heavy atom. The number of hydrogen-bond donors (Lipinski definition) is 2. The molecule has 0 bridgehead atoms. The van der Waals surface area contributed by atoms with Crippen molar-refractivity contribution in [1.29, 1.82) is 0 Å². The van der Waals surface area contributed by atoms with Crippen molar-refractivity contribution in [2.75, 3.05) is 12.4 Å². The molecule has 0 saturated heterocycles. The Kier molecular flexibility index (Phi) is 3.57. The normalized spacial score (nSPS) is 16.4. The summed E-state index contributed by atoms with van der Waals surface area (Å²) in [6.07, 6.45) is 1.96. The number of halogens is 1. The summed E-state index contributed by atoms with van der Waals surface area (Å²) in [4.78, 5) is 11.1. The molecule has 5 heteroatoms. The van der Waals surface area contributed by atoms with Crippen molar-refractivity contribution in [3.05, 3.63) is 22.7 Å². The molecule has 4 nitrogen and oxygen atoms in total. The van der Waals surface area contributed by atoms with E-state index in [1.807, 2.05) is 12.1 Å². The Morgan fingerprint density at radius 1 is 1.53 bits per heavy atom. The van der Waals surface area contributed by atoms with E-state index in [1.165, 1.54) is 0 Å². The second-order valence-corrected chi connectivity index (χ2v) is 5.09. The lowest BCUT2D eigenvalue weighted by Gasteiger charge is -2.16. The summed E-state index contributed by atoms with van der Waals surface area (Å²) < 4.78 is 6.00. The molecule has 0 aliphatic heterocycles. The first-order chi connectivity index (χ1) is 8.10. The monoisotopic (exact) mass is 299 g/mol. The lowest BCUT2D eigenvalue weighted by molar-refractivity contribution is -0.138. The van der Waals surface area contributed by atoms with Crippen LogP contribution in [-0.4, -0.2) is 24.2 Å². The molecule has 1 unspecified atom stereocenters. The number of methoxy groups -OCH3 is 1. The molecule has 0 heterocycles. The maximum absolute atomic E-state index is 11.1. The van der Waals surface area contributed by atoms with E-state index >= 15 is 0 Å². The van der Waals surface area contributed by atoms with Crippen molar-refractivity contribution in [2.45, 2.75) is 18.9 Å². The molecule has 2 N–H and O–H groups in total. The first kappa shape index (κ1) is 12.2. The highest BCUT2D eigenvalue weighted by Crippen LogP contribution is 2.35. The number of carboxylic acids is 1. The van der Waals surface area contributed by atoms with Gasteiger partial charge in [0.2, 0.25) is 0 Å². The summed E-state index contributed by atoms with van der Waals surface area (Å²) in [6, 6.07) is 4.97. The van der Waals surface area contributed by atoms with Crippen LogP contribution in [0.15, 0.2) is 22.7 Å². The van der Waals surface area contributed by atoms with Gasteiger partial charge >= 0.3 is 5.97 Å². The lowest BCUT2D eigenvalue weighted by atomic mass is 10.1. The minimum Gasteiger partial charge on any atom is -0.497 e. The van der Waals surface area contributed by atoms with Crippen LogP contribution in [0.1, 0.15) is 12.8 Å². The van der Waals surface area contributed by atoms with Gasteiger partial charge in [-0.2, -0.15) is 0 Å². The molecular formula is C12H14BrNO3. The van der Waals surface area contributed by atoms with Gasteiger partial charge in [-0.25, -0.2) is 4.79 Å². The van der Waals surface area contributed by atoms with E-state index in [0.29, 0.717) is 5.75 Å². The zero-order valence-electron chi connectivity index (χ0n) is 9.44. The fraction of sp³-hybridized carbons (Fsp3) is 0.417. The van der Waals surface area contributed by atoms with Crippen LogP contribution < -0.4 is 10.1 Å². The van der Waals surface area contributed by atoms with E-state index in [-0.39, 0.29) is 5.92 Å². The third-order valence-electron chi connectivity index (χ3n) is 2.79. The van der Waals surface area contributed by atoms with E-state index < -0.39 is 12.0 Å². The van der Waals surface area contributed by atoms with E-state index in [1.54, 1.807) is 13.2 Å². The summed E-state index contributed by atoms with van der Waals surface area (Å²) in [5.41, 5.74) is 0.760. The molecule has 92 valence electrons. The first-order valence-electron chi connectivity index (χ1n) is 5.44. The van der Waals surface area contributed by atoms with Crippen molar-refractivity contribution in [3.63, 3.8) is 0 Å². The van der Waals surface area contributed by atoms with Crippen LogP contribution >= 0.6 is 15.9 Å². The summed E-state index contributed by atoms with van der Waals surface area (Å²) in [5.74, 6) is 0.144. The topological polar surface area (TPSA) is 58.6 Å². The van der Waals surface area contributed by atoms with Gasteiger partial charge in [-0.3, -0.25) is 0 Å². The highest BCUT2D eigenvalue weighted by molar-refractivity contribution is 9.10. The SMILES string of the molecule is COc1cc(Br)cc(NC(C(=O)O)C2CC2)c1. The van der Waals surface area contributed by atoms with Crippen LogP contribution in [-0.2, 0) is 4.79 Å². The molecular weight excluding hydrogens is 286 g/mol. The van der Waals surface area contributed by atoms with Crippen molar-refractivity contribution >= 4 is 27.6 Å². The predicted molar refractivity (Wildman–Crippen MR) is 68.5 cm³/mol. The Morgan fingerprint density at radius 2 is 2.24 bits per heavy atom. The first-order valence-corrected chi connectivity index (χ1v) is 6.23. The van der Waals surface area contributed by atoms with Crippen molar-refractivity contribution < 1.29 is 14.6 Å². The number of rotatable bonds is 5. The van der Waals surface area contributed by atoms with Crippen LogP contribution in [0.4, 0.5) is 5.69 Å². The molecule has 1 aromatic carbocycles. The average molecular weight is 300 g/mol. The highest BCUT2D eigenvalue weighted by Gasteiger charge is 2.36. The number of anilines is 1. The number of aliphatic carboxylic acids is 1. The number of nitrogens with one attached hydrogen (secondary N) is 1. The van der Waals surface area contributed by atoms with Crippen LogP contribution in [0, 0.1) is 5.92 Å². The van der Waals surface area contributed by atoms with Gasteiger partial charge in [0, 0.05) is 16.2 Å². The summed E-state index contributed by atoms with van der Waals surface area (Å²) >= 11 is 3.37. The summed E-state index contributed by atoms with van der Waals surface area (Å²) in [6.45, 7) is 0. The Balaban J connectivity index is 2.16. The largest absolute Gasteiger partial charge is 0.497 e. The van der Waals surface area contributed by atoms with Gasteiger partial charge in [0.05, 0.1) is 7.11 Å². The van der Waals surface area contributed by atoms with Crippen molar-refractivity contribution in [2.24, 2.45) is 5.92 Å². The number of benzene rings is 1. The number of hydrogen-bond acceptors (Lipinski definition) is 3. The van der Waals surface area contributed by atoms with E-state index in [0.717, 1.165) is 23.0 Å². The fourth-order valence-corrected chi connectivity index (χ4v) is 2.23. The second kappa shape index (κ2) is 4.96. The standard InChI is InChI=1S/C12H14BrNO3/c1-17-10-5-8(13)4-9(6-10)14-11(12(15)16)7-2-3-7/h4-7,11,14H,2-3H2,1H3,(H,15,16). The maximum atomic E-state index is 11.1. The lowest BCUT2D eigenvalue weighted by Crippen LogP contribution is -2.31. The molecule has 0 radical (unpaired) electrons. The number of carbonyl (C=O) groups is 1. The summed E-state index contributed by atoms with van der Waals surface area (Å²) in [5, 5.41) is 12.2. The van der Waals surface area contributed by atoms with Crippen LogP contribution in [0.5, 0.6) is 5.75 Å². The predicted octanol–water partition coefficient (Wildman–Crippen LogP) is 2.73. The van der Waals surface area contributed by atoms with Gasteiger partial charge < -0.3 is 15.2 Å². The van der Waals surface area contributed by atoms with Crippen LogP contribution in [0.2, 0.25) is 0 Å². The molecule has 1 fully saturated rings. The Hall–Kier alpha value is -1.23. The van der Waals surface area contributed by atoms with E-state index in [2.05, 4.69) is 21.2 Å². The van der Waals surface area contributed by atoms with Gasteiger partial charge in [-0.15, -0.1) is 0 Å². The van der Waals surface area contributed by atoms with Gasteiger partial charge in [0.15, 0.2) is 0 Å². The maximum Gasteiger partial charge on any atom is 0.326 e. The molecule has 0 aromatic heterocycles. The minimum atomic E-state index is -0.800. The van der Waals surface area contributed by atoms with Crippen molar-refractivity contribution in [1.82, 2.24) is 0 Å². The molecule has 1 atom stereocenters. The fourth-order valence-electron chi connectivity index (χ4n) is 1.75. The molecule has 1 aromatic rings. The van der Waals surface area contributed by atoms with E-state index in [4.69, 9.17) is 9.84 Å². The van der Waals surface area contributed by atoms with Gasteiger partial charge in [0.1, 0.15) is 11.8 Å². The van der Waals surface area contributed by atoms with Crippen molar-refractivity contribution in [3.8, 4) is 5.75 Å². The summed E-state index contributed by atoms with van der Waals surface area (Å²) in [7, 11) is 1.58.